The van der Waals surface area contributed by atoms with Gasteiger partial charge in [-0.2, -0.15) is 0 Å². The Balaban J connectivity index is 1.95. The Kier molecular flexibility index (Phi) is 4.48. The monoisotopic (exact) mass is 300 g/mol. The molecule has 2 aromatic rings. The summed E-state index contributed by atoms with van der Waals surface area (Å²) in [5.41, 5.74) is 3.48. The Morgan fingerprint density at radius 2 is 2.00 bits per heavy atom. The molecule has 4 nitrogen and oxygen atoms in total. The molecule has 0 radical (unpaired) electrons. The van der Waals surface area contributed by atoms with Crippen LogP contribution in [0.4, 0.5) is 0 Å². The first-order valence-corrected chi connectivity index (χ1v) is 8.28. The maximum Gasteiger partial charge on any atom is 0.337 e. The van der Waals surface area contributed by atoms with Crippen LogP contribution in [-0.4, -0.2) is 40.0 Å². The van der Waals surface area contributed by atoms with E-state index in [1.165, 1.54) is 19.3 Å². The summed E-state index contributed by atoms with van der Waals surface area (Å²) in [6.07, 6.45) is 7.38. The van der Waals surface area contributed by atoms with Crippen LogP contribution >= 0.6 is 0 Å². The van der Waals surface area contributed by atoms with Crippen molar-refractivity contribution in [1.82, 2.24) is 9.30 Å². The molecule has 0 unspecified atom stereocenters. The maximum absolute atomic E-state index is 11.8. The molecule has 1 saturated heterocycles. The number of likely N-dealkylation sites (tertiary alicyclic amines) is 1. The van der Waals surface area contributed by atoms with Crippen LogP contribution in [0.25, 0.3) is 5.52 Å². The highest BCUT2D eigenvalue weighted by Gasteiger charge is 2.22. The first kappa shape index (κ1) is 15.1. The molecule has 0 atom stereocenters. The van der Waals surface area contributed by atoms with Crippen molar-refractivity contribution in [2.45, 2.75) is 39.0 Å². The number of hydrogen-bond donors (Lipinski definition) is 1. The lowest BCUT2D eigenvalue weighted by Gasteiger charge is -2.26. The number of aromatic nitrogens is 1. The van der Waals surface area contributed by atoms with Gasteiger partial charge in [-0.15, -0.1) is 0 Å². The van der Waals surface area contributed by atoms with Crippen LogP contribution in [0.3, 0.4) is 0 Å². The van der Waals surface area contributed by atoms with E-state index in [1.807, 2.05) is 31.3 Å². The average Bonchev–Trinajstić information content (AvgIpc) is 2.88. The number of carbonyl (C=O) groups is 1. The number of aromatic carboxylic acids is 1. The lowest BCUT2D eigenvalue weighted by atomic mass is 10.0. The fourth-order valence-electron chi connectivity index (χ4n) is 3.65. The summed E-state index contributed by atoms with van der Waals surface area (Å²) in [5, 5.41) is 9.69. The summed E-state index contributed by atoms with van der Waals surface area (Å²) in [5.74, 6) is -0.797. The van der Waals surface area contributed by atoms with Crippen LogP contribution in [0.15, 0.2) is 24.4 Å². The van der Waals surface area contributed by atoms with Gasteiger partial charge in [0.2, 0.25) is 0 Å². The molecule has 4 heteroatoms. The van der Waals surface area contributed by atoms with E-state index >= 15 is 0 Å². The zero-order valence-electron chi connectivity index (χ0n) is 13.2. The number of fused-ring (bicyclic) bond motifs is 1. The zero-order chi connectivity index (χ0) is 15.5. The zero-order valence-corrected chi connectivity index (χ0v) is 13.2. The minimum absolute atomic E-state index is 0.519. The van der Waals surface area contributed by atoms with E-state index in [9.17, 15) is 9.90 Å². The minimum atomic E-state index is -0.797. The van der Waals surface area contributed by atoms with E-state index in [-0.39, 0.29) is 0 Å². The van der Waals surface area contributed by atoms with Crippen LogP contribution < -0.4 is 0 Å². The van der Waals surface area contributed by atoms with E-state index in [1.54, 1.807) is 0 Å². The van der Waals surface area contributed by atoms with Gasteiger partial charge in [0.1, 0.15) is 0 Å². The molecule has 2 aromatic heterocycles. The number of piperidine rings is 1. The highest BCUT2D eigenvalue weighted by atomic mass is 16.4. The Labute approximate surface area is 131 Å². The van der Waals surface area contributed by atoms with Crippen LogP contribution in [0, 0.1) is 0 Å². The van der Waals surface area contributed by atoms with Crippen molar-refractivity contribution in [3.8, 4) is 0 Å². The molecule has 3 rings (SSSR count). The largest absolute Gasteiger partial charge is 0.478 e. The van der Waals surface area contributed by atoms with E-state index in [4.69, 9.17) is 0 Å². The first-order chi connectivity index (χ1) is 10.7. The van der Waals surface area contributed by atoms with Gasteiger partial charge in [0.15, 0.2) is 0 Å². The summed E-state index contributed by atoms with van der Waals surface area (Å²) in [7, 11) is 0. The average molecular weight is 300 g/mol. The summed E-state index contributed by atoms with van der Waals surface area (Å²) in [6.45, 7) is 5.28. The molecule has 0 aromatic carbocycles. The standard InChI is InChI=1S/C18H24N2O2/c1-2-15-17(18(21)22)14(16-8-4-7-12-20(15)16)9-13-19-10-5-3-6-11-19/h4,7-8,12H,2-3,5-6,9-11,13H2,1H3,(H,21,22). The fraction of sp³-hybridized carbons (Fsp3) is 0.500. The van der Waals surface area contributed by atoms with Crippen molar-refractivity contribution in [3.05, 3.63) is 41.2 Å². The fourth-order valence-corrected chi connectivity index (χ4v) is 3.65. The number of pyridine rings is 1. The summed E-state index contributed by atoms with van der Waals surface area (Å²) < 4.78 is 2.05. The van der Waals surface area contributed by atoms with Crippen molar-refractivity contribution < 1.29 is 9.90 Å². The number of hydrogen-bond acceptors (Lipinski definition) is 2. The molecule has 1 N–H and O–H groups in total. The molecule has 1 aliphatic heterocycles. The molecular formula is C18H24N2O2. The van der Waals surface area contributed by atoms with Gasteiger partial charge in [-0.1, -0.05) is 19.4 Å². The molecule has 118 valence electrons. The van der Waals surface area contributed by atoms with Gasteiger partial charge < -0.3 is 14.4 Å². The molecular weight excluding hydrogens is 276 g/mol. The molecule has 0 aliphatic carbocycles. The second kappa shape index (κ2) is 6.53. The van der Waals surface area contributed by atoms with Crippen molar-refractivity contribution in [3.63, 3.8) is 0 Å². The lowest BCUT2D eigenvalue weighted by Crippen LogP contribution is -2.31. The van der Waals surface area contributed by atoms with E-state index in [0.29, 0.717) is 5.56 Å². The highest BCUT2D eigenvalue weighted by Crippen LogP contribution is 2.25. The second-order valence-corrected chi connectivity index (χ2v) is 6.07. The van der Waals surface area contributed by atoms with Crippen molar-refractivity contribution >= 4 is 11.5 Å². The Morgan fingerprint density at radius 1 is 1.23 bits per heavy atom. The van der Waals surface area contributed by atoms with Crippen molar-refractivity contribution in [2.24, 2.45) is 0 Å². The molecule has 0 amide bonds. The third kappa shape index (κ3) is 2.75. The van der Waals surface area contributed by atoms with E-state index in [0.717, 1.165) is 49.2 Å². The van der Waals surface area contributed by atoms with Crippen molar-refractivity contribution in [2.75, 3.05) is 19.6 Å². The Hall–Kier alpha value is -1.81. The smallest absolute Gasteiger partial charge is 0.337 e. The number of aryl methyl sites for hydroxylation is 1. The molecule has 22 heavy (non-hydrogen) atoms. The van der Waals surface area contributed by atoms with Crippen LogP contribution in [-0.2, 0) is 12.8 Å². The van der Waals surface area contributed by atoms with Gasteiger partial charge in [0.25, 0.3) is 0 Å². The Morgan fingerprint density at radius 3 is 2.68 bits per heavy atom. The molecule has 0 spiro atoms. The minimum Gasteiger partial charge on any atom is -0.478 e. The van der Waals surface area contributed by atoms with Gasteiger partial charge >= 0.3 is 5.97 Å². The molecule has 0 bridgehead atoms. The number of rotatable bonds is 5. The van der Waals surface area contributed by atoms with Crippen molar-refractivity contribution in [1.29, 1.82) is 0 Å². The highest BCUT2D eigenvalue weighted by molar-refractivity contribution is 5.94. The van der Waals surface area contributed by atoms with Gasteiger partial charge in [-0.3, -0.25) is 0 Å². The van der Waals surface area contributed by atoms with Crippen LogP contribution in [0.1, 0.15) is 47.8 Å². The number of carboxylic acids is 1. The van der Waals surface area contributed by atoms with Gasteiger partial charge in [0.05, 0.1) is 5.56 Å². The van der Waals surface area contributed by atoms with E-state index < -0.39 is 5.97 Å². The predicted octanol–water partition coefficient (Wildman–Crippen LogP) is 3.23. The van der Waals surface area contributed by atoms with Gasteiger partial charge in [-0.25, -0.2) is 4.79 Å². The van der Waals surface area contributed by atoms with Gasteiger partial charge in [-0.05, 0) is 56.5 Å². The lowest BCUT2D eigenvalue weighted by molar-refractivity contribution is 0.0694. The normalized spacial score (nSPS) is 16.2. The third-order valence-corrected chi connectivity index (χ3v) is 4.73. The first-order valence-electron chi connectivity index (χ1n) is 8.28. The number of nitrogens with zero attached hydrogens (tertiary/aromatic N) is 2. The van der Waals surface area contributed by atoms with Gasteiger partial charge in [0, 0.05) is 24.0 Å². The topological polar surface area (TPSA) is 45.0 Å². The predicted molar refractivity (Wildman–Crippen MR) is 87.7 cm³/mol. The number of carboxylic acid groups (broad SMARTS) is 1. The van der Waals surface area contributed by atoms with E-state index in [2.05, 4.69) is 9.30 Å². The molecule has 3 heterocycles. The third-order valence-electron chi connectivity index (χ3n) is 4.73. The summed E-state index contributed by atoms with van der Waals surface area (Å²) in [6, 6.07) is 5.99. The molecule has 0 saturated carbocycles. The van der Waals surface area contributed by atoms with Crippen LogP contribution in [0.5, 0.6) is 0 Å². The summed E-state index contributed by atoms with van der Waals surface area (Å²) >= 11 is 0. The van der Waals surface area contributed by atoms with Crippen LogP contribution in [0.2, 0.25) is 0 Å². The summed E-state index contributed by atoms with van der Waals surface area (Å²) in [4.78, 5) is 14.3. The molecule has 1 fully saturated rings. The molecule has 1 aliphatic rings. The SMILES string of the molecule is CCc1c(C(=O)O)c(CCN2CCCCC2)c2ccccn12. The quantitative estimate of drug-likeness (QED) is 0.922. The second-order valence-electron chi connectivity index (χ2n) is 6.07. The Bertz CT molecular complexity index is 669. The maximum atomic E-state index is 11.8.